The Morgan fingerprint density at radius 3 is 2.63 bits per heavy atom. The first kappa shape index (κ1) is 16.0. The van der Waals surface area contributed by atoms with Crippen LogP contribution in [0.5, 0.6) is 0 Å². The molecule has 2 amide bonds. The molecule has 0 heterocycles. The van der Waals surface area contributed by atoms with Crippen molar-refractivity contribution in [3.8, 4) is 0 Å². The van der Waals surface area contributed by atoms with Crippen LogP contribution in [-0.4, -0.2) is 30.4 Å². The average Bonchev–Trinajstić information content (AvgIpc) is 2.38. The summed E-state index contributed by atoms with van der Waals surface area (Å²) in [4.78, 5) is 23.8. The van der Waals surface area contributed by atoms with Crippen LogP contribution in [0.4, 0.5) is 0 Å². The van der Waals surface area contributed by atoms with Crippen LogP contribution in [0, 0.1) is 11.8 Å². The van der Waals surface area contributed by atoms with Crippen molar-refractivity contribution < 1.29 is 9.59 Å². The molecule has 4 N–H and O–H groups in total. The molecule has 5 heteroatoms. The Bertz CT molecular complexity index is 320. The molecule has 1 fully saturated rings. The molecule has 110 valence electrons. The summed E-state index contributed by atoms with van der Waals surface area (Å²) in [6.07, 6.45) is 3.46. The molecule has 5 nitrogen and oxygen atoms in total. The highest BCUT2D eigenvalue weighted by Crippen LogP contribution is 2.27. The molecule has 1 aliphatic rings. The first-order valence-corrected chi connectivity index (χ1v) is 7.29. The third kappa shape index (κ3) is 4.82. The van der Waals surface area contributed by atoms with Gasteiger partial charge in [0.15, 0.2) is 0 Å². The number of amides is 2. The Morgan fingerprint density at radius 2 is 2.05 bits per heavy atom. The van der Waals surface area contributed by atoms with Crippen molar-refractivity contribution in [1.82, 2.24) is 10.6 Å². The summed E-state index contributed by atoms with van der Waals surface area (Å²) in [5.74, 6) is 0.270. The van der Waals surface area contributed by atoms with Gasteiger partial charge in [-0.1, -0.05) is 13.8 Å². The fourth-order valence-corrected chi connectivity index (χ4v) is 2.39. The van der Waals surface area contributed by atoms with E-state index in [9.17, 15) is 9.59 Å². The molecule has 1 rings (SSSR count). The highest BCUT2D eigenvalue weighted by molar-refractivity contribution is 5.88. The second kappa shape index (κ2) is 7.48. The molecular formula is C14H27N3O2. The van der Waals surface area contributed by atoms with E-state index in [1.165, 1.54) is 0 Å². The first-order valence-electron chi connectivity index (χ1n) is 7.29. The lowest BCUT2D eigenvalue weighted by atomic mass is 9.79. The molecule has 4 atom stereocenters. The van der Waals surface area contributed by atoms with E-state index in [0.29, 0.717) is 12.5 Å². The standard InChI is InChI=1S/C14H27N3O2/c1-4-7-16-13(18)10(3)17-14(19)11-6-5-9(2)12(15)8-11/h9-12H,4-8,15H2,1-3H3,(H,16,18)(H,17,19). The van der Waals surface area contributed by atoms with Crippen LogP contribution < -0.4 is 16.4 Å². The van der Waals surface area contributed by atoms with Gasteiger partial charge in [-0.3, -0.25) is 9.59 Å². The minimum Gasteiger partial charge on any atom is -0.354 e. The van der Waals surface area contributed by atoms with Gasteiger partial charge in [-0.2, -0.15) is 0 Å². The summed E-state index contributed by atoms with van der Waals surface area (Å²) in [5, 5.41) is 5.56. The SMILES string of the molecule is CCCNC(=O)C(C)NC(=O)C1CCC(C)C(N)C1. The second-order valence-electron chi connectivity index (χ2n) is 5.67. The lowest BCUT2D eigenvalue weighted by Gasteiger charge is -2.31. The van der Waals surface area contributed by atoms with Crippen molar-refractivity contribution >= 4 is 11.8 Å². The van der Waals surface area contributed by atoms with E-state index in [2.05, 4.69) is 17.6 Å². The van der Waals surface area contributed by atoms with Gasteiger partial charge in [-0.05, 0) is 38.5 Å². The van der Waals surface area contributed by atoms with Gasteiger partial charge in [0.05, 0.1) is 0 Å². The number of carbonyl (C=O) groups excluding carboxylic acids is 2. The molecule has 4 unspecified atom stereocenters. The third-order valence-corrected chi connectivity index (χ3v) is 3.93. The van der Waals surface area contributed by atoms with E-state index in [1.807, 2.05) is 6.92 Å². The van der Waals surface area contributed by atoms with Crippen molar-refractivity contribution in [1.29, 1.82) is 0 Å². The summed E-state index contributed by atoms with van der Waals surface area (Å²) in [6, 6.07) is -0.386. The van der Waals surface area contributed by atoms with Gasteiger partial charge in [0.25, 0.3) is 0 Å². The zero-order chi connectivity index (χ0) is 14.4. The van der Waals surface area contributed by atoms with Crippen LogP contribution >= 0.6 is 0 Å². The molecule has 0 aromatic carbocycles. The number of nitrogens with two attached hydrogens (primary N) is 1. The van der Waals surface area contributed by atoms with Gasteiger partial charge < -0.3 is 16.4 Å². The maximum Gasteiger partial charge on any atom is 0.242 e. The summed E-state index contributed by atoms with van der Waals surface area (Å²) < 4.78 is 0. The topological polar surface area (TPSA) is 84.2 Å². The van der Waals surface area contributed by atoms with Crippen LogP contribution in [0.1, 0.15) is 46.5 Å². The summed E-state index contributed by atoms with van der Waals surface area (Å²) in [7, 11) is 0. The van der Waals surface area contributed by atoms with E-state index in [4.69, 9.17) is 5.73 Å². The van der Waals surface area contributed by atoms with Gasteiger partial charge in [-0.15, -0.1) is 0 Å². The largest absolute Gasteiger partial charge is 0.354 e. The smallest absolute Gasteiger partial charge is 0.242 e. The van der Waals surface area contributed by atoms with Crippen molar-refractivity contribution in [2.24, 2.45) is 17.6 Å². The third-order valence-electron chi connectivity index (χ3n) is 3.93. The molecule has 1 aliphatic carbocycles. The fourth-order valence-electron chi connectivity index (χ4n) is 2.39. The maximum atomic E-state index is 12.1. The summed E-state index contributed by atoms with van der Waals surface area (Å²) >= 11 is 0. The van der Waals surface area contributed by atoms with Gasteiger partial charge in [0.1, 0.15) is 6.04 Å². The Kier molecular flexibility index (Phi) is 6.28. The number of hydrogen-bond donors (Lipinski definition) is 3. The lowest BCUT2D eigenvalue weighted by Crippen LogP contribution is -2.49. The number of nitrogens with one attached hydrogen (secondary N) is 2. The van der Waals surface area contributed by atoms with Crippen LogP contribution in [0.15, 0.2) is 0 Å². The molecule has 0 bridgehead atoms. The normalized spacial score (nSPS) is 28.5. The van der Waals surface area contributed by atoms with Crippen LogP contribution in [0.2, 0.25) is 0 Å². The van der Waals surface area contributed by atoms with E-state index < -0.39 is 6.04 Å². The maximum absolute atomic E-state index is 12.1. The molecular weight excluding hydrogens is 242 g/mol. The van der Waals surface area contributed by atoms with Crippen LogP contribution in [-0.2, 0) is 9.59 Å². The van der Waals surface area contributed by atoms with Crippen molar-refractivity contribution in [2.75, 3.05) is 6.54 Å². The Balaban J connectivity index is 2.40. The predicted molar refractivity (Wildman–Crippen MR) is 75.4 cm³/mol. The molecule has 0 spiro atoms. The zero-order valence-corrected chi connectivity index (χ0v) is 12.2. The molecule has 0 radical (unpaired) electrons. The minimum atomic E-state index is -0.477. The summed E-state index contributed by atoms with van der Waals surface area (Å²) in [5.41, 5.74) is 6.00. The monoisotopic (exact) mass is 269 g/mol. The molecule has 0 aromatic heterocycles. The van der Waals surface area contributed by atoms with Gasteiger partial charge in [0.2, 0.25) is 11.8 Å². The highest BCUT2D eigenvalue weighted by atomic mass is 16.2. The quantitative estimate of drug-likeness (QED) is 0.689. The Labute approximate surface area is 115 Å². The van der Waals surface area contributed by atoms with Crippen molar-refractivity contribution in [3.63, 3.8) is 0 Å². The highest BCUT2D eigenvalue weighted by Gasteiger charge is 2.30. The van der Waals surface area contributed by atoms with Gasteiger partial charge >= 0.3 is 0 Å². The second-order valence-corrected chi connectivity index (χ2v) is 5.67. The van der Waals surface area contributed by atoms with E-state index in [1.54, 1.807) is 6.92 Å². The first-order chi connectivity index (χ1) is 8.95. The van der Waals surface area contributed by atoms with E-state index >= 15 is 0 Å². The lowest BCUT2D eigenvalue weighted by molar-refractivity contribution is -0.131. The van der Waals surface area contributed by atoms with E-state index in [0.717, 1.165) is 25.7 Å². The van der Waals surface area contributed by atoms with Crippen LogP contribution in [0.3, 0.4) is 0 Å². The molecule has 19 heavy (non-hydrogen) atoms. The average molecular weight is 269 g/mol. The molecule has 1 saturated carbocycles. The Hall–Kier alpha value is -1.10. The van der Waals surface area contributed by atoms with E-state index in [-0.39, 0.29) is 23.8 Å². The summed E-state index contributed by atoms with van der Waals surface area (Å²) in [6.45, 7) is 6.48. The molecule has 0 aliphatic heterocycles. The van der Waals surface area contributed by atoms with Crippen LogP contribution in [0.25, 0.3) is 0 Å². The predicted octanol–water partition coefficient (Wildman–Crippen LogP) is 0.781. The minimum absolute atomic E-state index is 0.0403. The number of carbonyl (C=O) groups is 2. The molecule has 0 aromatic rings. The van der Waals surface area contributed by atoms with Gasteiger partial charge in [-0.25, -0.2) is 0 Å². The molecule has 0 saturated heterocycles. The number of hydrogen-bond acceptors (Lipinski definition) is 3. The van der Waals surface area contributed by atoms with Crippen molar-refractivity contribution in [2.45, 2.75) is 58.5 Å². The number of rotatable bonds is 5. The Morgan fingerprint density at radius 1 is 1.37 bits per heavy atom. The van der Waals surface area contributed by atoms with Gasteiger partial charge in [0, 0.05) is 18.5 Å². The fraction of sp³-hybridized carbons (Fsp3) is 0.857. The zero-order valence-electron chi connectivity index (χ0n) is 12.2. The van der Waals surface area contributed by atoms with Crippen molar-refractivity contribution in [3.05, 3.63) is 0 Å².